The number of nitrogens with zero attached hydrogens (tertiary/aromatic N) is 2. The van der Waals surface area contributed by atoms with Crippen LogP contribution in [0.4, 0.5) is 11.4 Å². The Bertz CT molecular complexity index is 1010. The van der Waals surface area contributed by atoms with E-state index in [2.05, 4.69) is 15.5 Å². The first kappa shape index (κ1) is 24.2. The fourth-order valence-electron chi connectivity index (χ4n) is 2.60. The highest BCUT2D eigenvalue weighted by Crippen LogP contribution is 2.41. The van der Waals surface area contributed by atoms with E-state index in [0.29, 0.717) is 22.9 Å². The molecule has 31 heavy (non-hydrogen) atoms. The van der Waals surface area contributed by atoms with Gasteiger partial charge in [-0.25, -0.2) is 0 Å². The van der Waals surface area contributed by atoms with Crippen LogP contribution in [0.1, 0.15) is 6.92 Å². The van der Waals surface area contributed by atoms with Gasteiger partial charge in [0.2, 0.25) is 6.04 Å². The molecule has 0 aliphatic heterocycles. The van der Waals surface area contributed by atoms with Crippen molar-refractivity contribution in [2.24, 2.45) is 10.2 Å². The van der Waals surface area contributed by atoms with Gasteiger partial charge in [0.05, 0.1) is 33.5 Å². The normalized spacial score (nSPS) is 11.7. The van der Waals surface area contributed by atoms with Crippen LogP contribution in [0.5, 0.6) is 23.0 Å². The van der Waals surface area contributed by atoms with E-state index in [4.69, 9.17) is 42.1 Å². The minimum absolute atomic E-state index is 0.125. The predicted octanol–water partition coefficient (Wildman–Crippen LogP) is 4.71. The summed E-state index contributed by atoms with van der Waals surface area (Å²) >= 11 is 12.4. The SMILES string of the molecule is COc1cc(NC(=O)C(N=Nc2ccc(OC)c(OC)c2Cl)C(C)=O)cc(Cl)c1OC. The highest BCUT2D eigenvalue weighted by atomic mass is 35.5. The standard InChI is InChI=1S/C20H21Cl2N3O6/c1-10(26)17(25-24-13-6-7-14(28-2)19(31-5)16(13)22)20(27)23-11-8-12(21)18(30-4)15(9-11)29-3/h6-9,17H,1-5H3,(H,23,27). The summed E-state index contributed by atoms with van der Waals surface area (Å²) in [4.78, 5) is 24.7. The van der Waals surface area contributed by atoms with Gasteiger partial charge in [0.15, 0.2) is 28.8 Å². The first-order valence-electron chi connectivity index (χ1n) is 8.81. The summed E-state index contributed by atoms with van der Waals surface area (Å²) in [6.07, 6.45) is 0. The Balaban J connectivity index is 2.30. The molecule has 166 valence electrons. The van der Waals surface area contributed by atoms with Crippen molar-refractivity contribution in [1.29, 1.82) is 0 Å². The lowest BCUT2D eigenvalue weighted by Crippen LogP contribution is -2.31. The Labute approximate surface area is 189 Å². The number of ketones is 1. The number of benzene rings is 2. The summed E-state index contributed by atoms with van der Waals surface area (Å²) in [5.74, 6) is 0.0408. The maximum atomic E-state index is 12.7. The van der Waals surface area contributed by atoms with E-state index in [1.807, 2.05) is 0 Å². The second-order valence-electron chi connectivity index (χ2n) is 6.05. The third-order valence-corrected chi connectivity index (χ3v) is 4.73. The Morgan fingerprint density at radius 3 is 2.13 bits per heavy atom. The summed E-state index contributed by atoms with van der Waals surface area (Å²) in [7, 11) is 5.75. The number of hydrogen-bond acceptors (Lipinski definition) is 8. The minimum Gasteiger partial charge on any atom is -0.493 e. The minimum atomic E-state index is -1.42. The molecule has 9 nitrogen and oxygen atoms in total. The number of Topliss-reactive ketones (excluding diaryl/α,β-unsaturated/α-hetero) is 1. The third kappa shape index (κ3) is 5.56. The number of azo groups is 1. The highest BCUT2D eigenvalue weighted by Gasteiger charge is 2.24. The summed E-state index contributed by atoms with van der Waals surface area (Å²) in [6, 6.07) is 4.64. The zero-order valence-corrected chi connectivity index (χ0v) is 19.0. The quantitative estimate of drug-likeness (QED) is 0.420. The second-order valence-corrected chi connectivity index (χ2v) is 6.83. The fraction of sp³-hybridized carbons (Fsp3) is 0.300. The molecule has 0 saturated heterocycles. The maximum Gasteiger partial charge on any atom is 0.258 e. The number of nitrogens with one attached hydrogen (secondary N) is 1. The molecule has 0 radical (unpaired) electrons. The van der Waals surface area contributed by atoms with E-state index in [1.54, 1.807) is 6.07 Å². The number of carbonyl (C=O) groups excluding carboxylic acids is 2. The molecule has 0 aromatic heterocycles. The number of carbonyl (C=O) groups is 2. The Morgan fingerprint density at radius 2 is 1.58 bits per heavy atom. The van der Waals surface area contributed by atoms with Gasteiger partial charge in [-0.15, -0.1) is 0 Å². The Kier molecular flexibility index (Phi) is 8.47. The molecule has 0 bridgehead atoms. The van der Waals surface area contributed by atoms with Gasteiger partial charge >= 0.3 is 0 Å². The molecule has 2 aromatic rings. The van der Waals surface area contributed by atoms with Gasteiger partial charge in [-0.05, 0) is 25.1 Å². The third-order valence-electron chi connectivity index (χ3n) is 4.08. The van der Waals surface area contributed by atoms with Crippen LogP contribution >= 0.6 is 23.2 Å². The lowest BCUT2D eigenvalue weighted by atomic mass is 10.2. The van der Waals surface area contributed by atoms with Gasteiger partial charge in [-0.2, -0.15) is 10.2 Å². The van der Waals surface area contributed by atoms with E-state index in [0.717, 1.165) is 0 Å². The van der Waals surface area contributed by atoms with Crippen molar-refractivity contribution in [2.75, 3.05) is 33.8 Å². The van der Waals surface area contributed by atoms with Gasteiger partial charge in [0, 0.05) is 11.8 Å². The number of ether oxygens (including phenoxy) is 4. The first-order chi connectivity index (χ1) is 14.8. The van der Waals surface area contributed by atoms with Gasteiger partial charge < -0.3 is 24.3 Å². The Morgan fingerprint density at radius 1 is 0.935 bits per heavy atom. The summed E-state index contributed by atoms with van der Waals surface area (Å²) < 4.78 is 20.7. The Hall–Kier alpha value is -3.04. The number of halogens is 2. The molecule has 0 fully saturated rings. The first-order valence-corrected chi connectivity index (χ1v) is 9.57. The van der Waals surface area contributed by atoms with E-state index >= 15 is 0 Å². The van der Waals surface area contributed by atoms with Crippen LogP contribution in [-0.2, 0) is 9.59 Å². The van der Waals surface area contributed by atoms with Crippen molar-refractivity contribution in [1.82, 2.24) is 0 Å². The molecule has 2 aromatic carbocycles. The number of rotatable bonds is 9. The van der Waals surface area contributed by atoms with Crippen molar-refractivity contribution < 1.29 is 28.5 Å². The fourth-order valence-corrected chi connectivity index (χ4v) is 3.15. The molecule has 2 rings (SSSR count). The molecular formula is C20H21Cl2N3O6. The molecule has 0 aliphatic carbocycles. The molecule has 0 aliphatic rings. The van der Waals surface area contributed by atoms with Crippen LogP contribution in [0, 0.1) is 0 Å². The van der Waals surface area contributed by atoms with E-state index in [1.165, 1.54) is 53.6 Å². The van der Waals surface area contributed by atoms with Gasteiger partial charge in [-0.3, -0.25) is 9.59 Å². The monoisotopic (exact) mass is 469 g/mol. The van der Waals surface area contributed by atoms with Crippen LogP contribution in [0.2, 0.25) is 10.0 Å². The van der Waals surface area contributed by atoms with Crippen molar-refractivity contribution >= 4 is 46.3 Å². The number of methoxy groups -OCH3 is 4. The molecule has 11 heteroatoms. The van der Waals surface area contributed by atoms with Gasteiger partial charge in [-0.1, -0.05) is 23.2 Å². The van der Waals surface area contributed by atoms with Crippen LogP contribution in [0.3, 0.4) is 0 Å². The van der Waals surface area contributed by atoms with E-state index in [9.17, 15) is 9.59 Å². The molecular weight excluding hydrogens is 449 g/mol. The molecule has 0 heterocycles. The smallest absolute Gasteiger partial charge is 0.258 e. The topological polar surface area (TPSA) is 108 Å². The lowest BCUT2D eigenvalue weighted by molar-refractivity contribution is -0.126. The largest absolute Gasteiger partial charge is 0.493 e. The molecule has 1 amide bonds. The van der Waals surface area contributed by atoms with Crippen molar-refractivity contribution in [2.45, 2.75) is 13.0 Å². The zero-order valence-electron chi connectivity index (χ0n) is 17.5. The summed E-state index contributed by atoms with van der Waals surface area (Å²) in [5, 5.41) is 10.7. The van der Waals surface area contributed by atoms with E-state index < -0.39 is 17.7 Å². The number of hydrogen-bond donors (Lipinski definition) is 1. The maximum absolute atomic E-state index is 12.7. The van der Waals surface area contributed by atoms with Crippen molar-refractivity contribution in [3.8, 4) is 23.0 Å². The molecule has 0 saturated carbocycles. The molecule has 1 N–H and O–H groups in total. The molecule has 0 spiro atoms. The average Bonchev–Trinajstić information content (AvgIpc) is 2.73. The van der Waals surface area contributed by atoms with Gasteiger partial charge in [0.1, 0.15) is 10.7 Å². The highest BCUT2D eigenvalue weighted by molar-refractivity contribution is 6.34. The second kappa shape index (κ2) is 10.8. The number of anilines is 1. The van der Waals surface area contributed by atoms with Gasteiger partial charge in [0.25, 0.3) is 5.91 Å². The summed E-state index contributed by atoms with van der Waals surface area (Å²) in [5.41, 5.74) is 0.491. The van der Waals surface area contributed by atoms with Crippen LogP contribution in [0.25, 0.3) is 0 Å². The molecule has 1 atom stereocenters. The van der Waals surface area contributed by atoms with Crippen molar-refractivity contribution in [3.05, 3.63) is 34.3 Å². The zero-order chi connectivity index (χ0) is 23.1. The van der Waals surface area contributed by atoms with Crippen LogP contribution in [-0.4, -0.2) is 46.2 Å². The lowest BCUT2D eigenvalue weighted by Gasteiger charge is -2.14. The van der Waals surface area contributed by atoms with Crippen LogP contribution < -0.4 is 24.3 Å². The average molecular weight is 470 g/mol. The number of amides is 1. The van der Waals surface area contributed by atoms with Crippen molar-refractivity contribution in [3.63, 3.8) is 0 Å². The predicted molar refractivity (Wildman–Crippen MR) is 117 cm³/mol. The van der Waals surface area contributed by atoms with Crippen LogP contribution in [0.15, 0.2) is 34.5 Å². The van der Waals surface area contributed by atoms with E-state index in [-0.39, 0.29) is 21.5 Å². The molecule has 1 unspecified atom stereocenters. The summed E-state index contributed by atoms with van der Waals surface area (Å²) in [6.45, 7) is 1.22.